The van der Waals surface area contributed by atoms with E-state index in [2.05, 4.69) is 21.2 Å². The van der Waals surface area contributed by atoms with Gasteiger partial charge in [0.15, 0.2) is 11.5 Å². The van der Waals surface area contributed by atoms with Crippen molar-refractivity contribution >= 4 is 43.5 Å². The van der Waals surface area contributed by atoms with Crippen LogP contribution in [0.4, 0.5) is 5.69 Å². The van der Waals surface area contributed by atoms with Crippen LogP contribution < -0.4 is 19.1 Å². The van der Waals surface area contributed by atoms with Crippen molar-refractivity contribution in [3.05, 3.63) is 119 Å². The Hall–Kier alpha value is -4.35. The third kappa shape index (κ3) is 8.67. The van der Waals surface area contributed by atoms with Gasteiger partial charge < -0.3 is 19.7 Å². The first-order chi connectivity index (χ1) is 22.0. The minimum atomic E-state index is -4.25. The van der Waals surface area contributed by atoms with Gasteiger partial charge in [-0.3, -0.25) is 13.9 Å². The Bertz CT molecular complexity index is 1720. The molecule has 1 atom stereocenters. The quantitative estimate of drug-likeness (QED) is 0.177. The molecule has 2 amide bonds. The lowest BCUT2D eigenvalue weighted by Crippen LogP contribution is -2.54. The Morgan fingerprint density at radius 1 is 0.804 bits per heavy atom. The summed E-state index contributed by atoms with van der Waals surface area (Å²) in [6.07, 6.45) is 0.226. The number of sulfonamides is 1. The highest BCUT2D eigenvalue weighted by Crippen LogP contribution is 2.34. The smallest absolute Gasteiger partial charge is 0.264 e. The summed E-state index contributed by atoms with van der Waals surface area (Å²) in [5.41, 5.74) is 1.83. The van der Waals surface area contributed by atoms with Crippen LogP contribution in [0.5, 0.6) is 11.5 Å². The van der Waals surface area contributed by atoms with Crippen molar-refractivity contribution in [2.45, 2.75) is 43.8 Å². The van der Waals surface area contributed by atoms with Crippen LogP contribution in [0.15, 0.2) is 112 Å². The number of nitrogens with zero attached hydrogens (tertiary/aromatic N) is 2. The number of carbonyl (C=O) groups is 2. The Balaban J connectivity index is 1.83. The topological polar surface area (TPSA) is 105 Å². The zero-order valence-electron chi connectivity index (χ0n) is 26.2. The number of hydrogen-bond donors (Lipinski definition) is 1. The van der Waals surface area contributed by atoms with Gasteiger partial charge in [-0.2, -0.15) is 0 Å². The largest absolute Gasteiger partial charge is 0.493 e. The molecule has 4 aromatic rings. The van der Waals surface area contributed by atoms with Gasteiger partial charge in [0, 0.05) is 29.5 Å². The molecule has 4 aromatic carbocycles. The fraction of sp³-hybridized carbons (Fsp3) is 0.257. The van der Waals surface area contributed by atoms with Gasteiger partial charge in [-0.25, -0.2) is 8.42 Å². The Morgan fingerprint density at radius 3 is 2.00 bits per heavy atom. The molecule has 0 bridgehead atoms. The Morgan fingerprint density at radius 2 is 1.41 bits per heavy atom. The van der Waals surface area contributed by atoms with Crippen molar-refractivity contribution in [2.24, 2.45) is 0 Å². The second-order valence-electron chi connectivity index (χ2n) is 10.9. The van der Waals surface area contributed by atoms with E-state index in [9.17, 15) is 18.0 Å². The number of benzene rings is 4. The molecule has 0 aliphatic rings. The predicted molar refractivity (Wildman–Crippen MR) is 182 cm³/mol. The van der Waals surface area contributed by atoms with Crippen LogP contribution in [-0.2, 0) is 32.6 Å². The van der Waals surface area contributed by atoms with E-state index in [1.165, 1.54) is 37.3 Å². The highest BCUT2D eigenvalue weighted by atomic mass is 79.9. The standard InChI is InChI=1S/C35H38BrN3O6S/c1-25(2)37-35(41)31(21-26-11-7-5-8-12-26)38(23-27-15-17-28(36)18-16-27)34(40)24-39(46(42,43)30-13-9-6-10-14-30)29-19-20-32(44-3)33(22-29)45-4/h5-20,22,25,31H,21,23-24H2,1-4H3,(H,37,41)/t31-/m1/s1. The zero-order chi connectivity index (χ0) is 33.3. The molecular formula is C35H38BrN3O6S. The second-order valence-corrected chi connectivity index (χ2v) is 13.7. The molecule has 0 saturated heterocycles. The van der Waals surface area contributed by atoms with Crippen LogP contribution in [0.25, 0.3) is 0 Å². The van der Waals surface area contributed by atoms with Crippen molar-refractivity contribution in [3.8, 4) is 11.5 Å². The molecule has 46 heavy (non-hydrogen) atoms. The predicted octanol–water partition coefficient (Wildman–Crippen LogP) is 5.83. The van der Waals surface area contributed by atoms with Gasteiger partial charge in [-0.1, -0.05) is 76.6 Å². The number of hydrogen-bond acceptors (Lipinski definition) is 6. The average Bonchev–Trinajstić information content (AvgIpc) is 3.06. The maximum Gasteiger partial charge on any atom is 0.264 e. The summed E-state index contributed by atoms with van der Waals surface area (Å²) in [5.74, 6) is -0.199. The van der Waals surface area contributed by atoms with Crippen LogP contribution in [0.3, 0.4) is 0 Å². The molecule has 0 fully saturated rings. The van der Waals surface area contributed by atoms with E-state index in [0.29, 0.717) is 11.5 Å². The lowest BCUT2D eigenvalue weighted by molar-refractivity contribution is -0.140. The van der Waals surface area contributed by atoms with Crippen molar-refractivity contribution < 1.29 is 27.5 Å². The molecule has 11 heteroatoms. The minimum absolute atomic E-state index is 0.00966. The highest BCUT2D eigenvalue weighted by Gasteiger charge is 2.35. The Kier molecular flexibility index (Phi) is 11.8. The summed E-state index contributed by atoms with van der Waals surface area (Å²) < 4.78 is 41.1. The van der Waals surface area contributed by atoms with Gasteiger partial charge in [0.25, 0.3) is 10.0 Å². The molecule has 0 unspecified atom stereocenters. The van der Waals surface area contributed by atoms with Crippen molar-refractivity contribution in [2.75, 3.05) is 25.1 Å². The molecule has 1 N–H and O–H groups in total. The first-order valence-electron chi connectivity index (χ1n) is 14.7. The van der Waals surface area contributed by atoms with E-state index in [1.54, 1.807) is 30.3 Å². The number of rotatable bonds is 14. The molecule has 0 aliphatic heterocycles. The SMILES string of the molecule is COc1ccc(N(CC(=O)N(Cc2ccc(Br)cc2)[C@H](Cc2ccccc2)C(=O)NC(C)C)S(=O)(=O)c2ccccc2)cc1OC. The molecule has 4 rings (SSSR count). The molecule has 0 heterocycles. The number of anilines is 1. The van der Waals surface area contributed by atoms with Crippen LogP contribution >= 0.6 is 15.9 Å². The molecule has 0 aromatic heterocycles. The van der Waals surface area contributed by atoms with Gasteiger partial charge in [0.2, 0.25) is 11.8 Å². The summed E-state index contributed by atoms with van der Waals surface area (Å²) in [6, 6.07) is 28.3. The molecular weight excluding hydrogens is 670 g/mol. The van der Waals surface area contributed by atoms with Crippen LogP contribution in [0, 0.1) is 0 Å². The number of carbonyl (C=O) groups excluding carboxylic acids is 2. The number of halogens is 1. The Labute approximate surface area is 279 Å². The lowest BCUT2D eigenvalue weighted by Gasteiger charge is -2.34. The summed E-state index contributed by atoms with van der Waals surface area (Å²) in [4.78, 5) is 29.8. The zero-order valence-corrected chi connectivity index (χ0v) is 28.6. The number of methoxy groups -OCH3 is 2. The molecule has 0 radical (unpaired) electrons. The van der Waals surface area contributed by atoms with Gasteiger partial charge in [-0.15, -0.1) is 0 Å². The normalized spacial score (nSPS) is 11.9. The number of ether oxygens (including phenoxy) is 2. The molecule has 0 spiro atoms. The summed E-state index contributed by atoms with van der Waals surface area (Å²) >= 11 is 3.45. The summed E-state index contributed by atoms with van der Waals surface area (Å²) in [6.45, 7) is 3.19. The first kappa shape index (κ1) is 34.5. The van der Waals surface area contributed by atoms with E-state index in [1.807, 2.05) is 68.4 Å². The van der Waals surface area contributed by atoms with Crippen molar-refractivity contribution in [1.29, 1.82) is 0 Å². The van der Waals surface area contributed by atoms with Gasteiger partial charge in [0.1, 0.15) is 12.6 Å². The maximum absolute atomic E-state index is 14.6. The molecule has 242 valence electrons. The monoisotopic (exact) mass is 707 g/mol. The van der Waals surface area contributed by atoms with E-state index in [-0.39, 0.29) is 35.5 Å². The van der Waals surface area contributed by atoms with Crippen molar-refractivity contribution in [1.82, 2.24) is 10.2 Å². The van der Waals surface area contributed by atoms with Gasteiger partial charge in [0.05, 0.1) is 24.8 Å². The number of nitrogens with one attached hydrogen (secondary N) is 1. The van der Waals surface area contributed by atoms with Crippen LogP contribution in [0.1, 0.15) is 25.0 Å². The van der Waals surface area contributed by atoms with E-state index in [4.69, 9.17) is 9.47 Å². The third-order valence-corrected chi connectivity index (χ3v) is 9.55. The second kappa shape index (κ2) is 15.8. The van der Waals surface area contributed by atoms with Crippen LogP contribution in [-0.4, -0.2) is 58.0 Å². The minimum Gasteiger partial charge on any atom is -0.493 e. The fourth-order valence-electron chi connectivity index (χ4n) is 4.95. The van der Waals surface area contributed by atoms with Crippen LogP contribution in [0.2, 0.25) is 0 Å². The van der Waals surface area contributed by atoms with E-state index in [0.717, 1.165) is 19.9 Å². The average molecular weight is 709 g/mol. The first-order valence-corrected chi connectivity index (χ1v) is 16.9. The van der Waals surface area contributed by atoms with Crippen molar-refractivity contribution in [3.63, 3.8) is 0 Å². The number of amides is 2. The lowest BCUT2D eigenvalue weighted by atomic mass is 10.0. The highest BCUT2D eigenvalue weighted by molar-refractivity contribution is 9.10. The third-order valence-electron chi connectivity index (χ3n) is 7.23. The van der Waals surface area contributed by atoms with Gasteiger partial charge >= 0.3 is 0 Å². The summed E-state index contributed by atoms with van der Waals surface area (Å²) in [5, 5.41) is 2.96. The fourth-order valence-corrected chi connectivity index (χ4v) is 6.64. The van der Waals surface area contributed by atoms with Gasteiger partial charge in [-0.05, 0) is 61.4 Å². The molecule has 9 nitrogen and oxygen atoms in total. The molecule has 0 saturated carbocycles. The van der Waals surface area contributed by atoms with E-state index >= 15 is 0 Å². The summed E-state index contributed by atoms with van der Waals surface area (Å²) in [7, 11) is -1.32. The van der Waals surface area contributed by atoms with E-state index < -0.39 is 28.5 Å². The molecule has 0 aliphatic carbocycles. The maximum atomic E-state index is 14.6.